The number of piperidine rings is 1. The summed E-state index contributed by atoms with van der Waals surface area (Å²) in [5.74, 6) is 0.802. The zero-order chi connectivity index (χ0) is 19.1. The fraction of sp³-hybridized carbons (Fsp3) is 0.478. The summed E-state index contributed by atoms with van der Waals surface area (Å²) in [7, 11) is 0. The first kappa shape index (κ1) is 19.9. The Hall–Kier alpha value is -1.88. The number of likely N-dealkylation sites (tertiary alicyclic amines) is 1. The third kappa shape index (κ3) is 6.35. The first-order chi connectivity index (χ1) is 13.1. The maximum absolute atomic E-state index is 10.1. The van der Waals surface area contributed by atoms with Crippen LogP contribution in [0.1, 0.15) is 29.5 Å². The predicted molar refractivity (Wildman–Crippen MR) is 110 cm³/mol. The average molecular weight is 369 g/mol. The maximum Gasteiger partial charge on any atom is 0.119 e. The van der Waals surface area contributed by atoms with Crippen LogP contribution < -0.4 is 10.1 Å². The Labute approximate surface area is 163 Å². The van der Waals surface area contributed by atoms with E-state index >= 15 is 0 Å². The van der Waals surface area contributed by atoms with E-state index in [9.17, 15) is 5.11 Å². The molecule has 1 saturated heterocycles. The minimum atomic E-state index is -0.488. The van der Waals surface area contributed by atoms with Crippen molar-refractivity contribution < 1.29 is 9.84 Å². The van der Waals surface area contributed by atoms with Crippen LogP contribution in [0.5, 0.6) is 5.75 Å². The second kappa shape index (κ2) is 9.88. The standard InChI is InChI=1S/C23H32N2O2/c1-18-8-9-19(2)20(14-18)16-25-12-10-21(11-13-25)24-15-22(26)17-27-23-6-4-3-5-7-23/h3-9,14,21-22,24,26H,10-13,15-17H2,1-2H3/t22-/m0/s1. The van der Waals surface area contributed by atoms with E-state index in [-0.39, 0.29) is 0 Å². The minimum absolute atomic E-state index is 0.322. The zero-order valence-electron chi connectivity index (χ0n) is 16.5. The van der Waals surface area contributed by atoms with Gasteiger partial charge in [0.25, 0.3) is 0 Å². The number of nitrogens with zero attached hydrogens (tertiary/aromatic N) is 1. The van der Waals surface area contributed by atoms with Gasteiger partial charge in [-0.3, -0.25) is 4.90 Å². The summed E-state index contributed by atoms with van der Waals surface area (Å²) in [6.07, 6.45) is 1.76. The molecule has 1 heterocycles. The second-order valence-corrected chi connectivity index (χ2v) is 7.67. The van der Waals surface area contributed by atoms with Gasteiger partial charge in [-0.25, -0.2) is 0 Å². The minimum Gasteiger partial charge on any atom is -0.491 e. The fourth-order valence-electron chi connectivity index (χ4n) is 3.58. The van der Waals surface area contributed by atoms with Gasteiger partial charge < -0.3 is 15.2 Å². The quantitative estimate of drug-likeness (QED) is 0.750. The van der Waals surface area contributed by atoms with Gasteiger partial charge in [-0.2, -0.15) is 0 Å². The van der Waals surface area contributed by atoms with Crippen molar-refractivity contribution in [2.75, 3.05) is 26.2 Å². The molecule has 0 amide bonds. The molecule has 2 aromatic rings. The molecule has 2 aromatic carbocycles. The van der Waals surface area contributed by atoms with Gasteiger partial charge >= 0.3 is 0 Å². The van der Waals surface area contributed by atoms with Crippen LogP contribution in [-0.4, -0.2) is 48.4 Å². The molecule has 1 aliphatic heterocycles. The molecule has 0 spiro atoms. The Balaban J connectivity index is 1.35. The van der Waals surface area contributed by atoms with Gasteiger partial charge in [-0.1, -0.05) is 42.0 Å². The third-order valence-electron chi connectivity index (χ3n) is 5.31. The third-order valence-corrected chi connectivity index (χ3v) is 5.31. The molecule has 3 rings (SSSR count). The van der Waals surface area contributed by atoms with Crippen molar-refractivity contribution >= 4 is 0 Å². The summed E-state index contributed by atoms with van der Waals surface area (Å²) in [5.41, 5.74) is 4.15. The van der Waals surface area contributed by atoms with Gasteiger partial charge in [-0.15, -0.1) is 0 Å². The molecule has 27 heavy (non-hydrogen) atoms. The molecule has 1 atom stereocenters. The molecule has 0 radical (unpaired) electrons. The van der Waals surface area contributed by atoms with Gasteiger partial charge in [0.15, 0.2) is 0 Å². The number of nitrogens with one attached hydrogen (secondary N) is 1. The van der Waals surface area contributed by atoms with Gasteiger partial charge in [0.05, 0.1) is 0 Å². The van der Waals surface area contributed by atoms with Crippen LogP contribution in [0.15, 0.2) is 48.5 Å². The lowest BCUT2D eigenvalue weighted by atomic mass is 10.0. The number of rotatable bonds is 8. The van der Waals surface area contributed by atoms with Crippen molar-refractivity contribution in [1.29, 1.82) is 0 Å². The highest BCUT2D eigenvalue weighted by Crippen LogP contribution is 2.17. The molecule has 0 aliphatic carbocycles. The topological polar surface area (TPSA) is 44.7 Å². The molecular formula is C23H32N2O2. The number of para-hydroxylation sites is 1. The van der Waals surface area contributed by atoms with E-state index < -0.39 is 6.10 Å². The first-order valence-electron chi connectivity index (χ1n) is 9.98. The Bertz CT molecular complexity index is 697. The van der Waals surface area contributed by atoms with Crippen molar-refractivity contribution in [1.82, 2.24) is 10.2 Å². The number of benzene rings is 2. The summed E-state index contributed by atoms with van der Waals surface area (Å²) in [5, 5.41) is 13.7. The van der Waals surface area contributed by atoms with Gasteiger partial charge in [-0.05, 0) is 63.0 Å². The second-order valence-electron chi connectivity index (χ2n) is 7.67. The molecule has 2 N–H and O–H groups in total. The van der Waals surface area contributed by atoms with Gasteiger partial charge in [0.1, 0.15) is 18.5 Å². The van der Waals surface area contributed by atoms with Crippen molar-refractivity contribution in [3.8, 4) is 5.75 Å². The lowest BCUT2D eigenvalue weighted by Gasteiger charge is -2.33. The lowest BCUT2D eigenvalue weighted by Crippen LogP contribution is -2.45. The highest BCUT2D eigenvalue weighted by Gasteiger charge is 2.20. The molecule has 1 fully saturated rings. The van der Waals surface area contributed by atoms with Crippen molar-refractivity contribution in [3.05, 3.63) is 65.2 Å². The highest BCUT2D eigenvalue weighted by atomic mass is 16.5. The summed E-state index contributed by atoms with van der Waals surface area (Å²) in [6.45, 7) is 8.49. The highest BCUT2D eigenvalue weighted by molar-refractivity contribution is 5.30. The number of aryl methyl sites for hydroxylation is 2. The number of aliphatic hydroxyl groups excluding tert-OH is 1. The maximum atomic E-state index is 10.1. The Kier molecular flexibility index (Phi) is 7.27. The van der Waals surface area contributed by atoms with Crippen LogP contribution in [0.25, 0.3) is 0 Å². The zero-order valence-corrected chi connectivity index (χ0v) is 16.5. The van der Waals surface area contributed by atoms with Crippen LogP contribution in [0.2, 0.25) is 0 Å². The van der Waals surface area contributed by atoms with Gasteiger partial charge in [0, 0.05) is 19.1 Å². The molecular weight excluding hydrogens is 336 g/mol. The van der Waals surface area contributed by atoms with E-state index in [1.165, 1.54) is 16.7 Å². The van der Waals surface area contributed by atoms with Crippen LogP contribution >= 0.6 is 0 Å². The van der Waals surface area contributed by atoms with E-state index in [1.54, 1.807) is 0 Å². The smallest absolute Gasteiger partial charge is 0.119 e. The molecule has 4 nitrogen and oxygen atoms in total. The fourth-order valence-corrected chi connectivity index (χ4v) is 3.58. The first-order valence-corrected chi connectivity index (χ1v) is 9.98. The lowest BCUT2D eigenvalue weighted by molar-refractivity contribution is 0.0979. The summed E-state index contributed by atoms with van der Waals surface area (Å²) in [4.78, 5) is 2.54. The van der Waals surface area contributed by atoms with Crippen molar-refractivity contribution in [3.63, 3.8) is 0 Å². The summed E-state index contributed by atoms with van der Waals surface area (Å²) < 4.78 is 5.61. The number of hydrogen-bond acceptors (Lipinski definition) is 4. The Morgan fingerprint density at radius 3 is 2.59 bits per heavy atom. The van der Waals surface area contributed by atoms with Crippen molar-refractivity contribution in [2.45, 2.75) is 45.4 Å². The van der Waals surface area contributed by atoms with Crippen molar-refractivity contribution in [2.24, 2.45) is 0 Å². The Morgan fingerprint density at radius 1 is 1.11 bits per heavy atom. The number of aliphatic hydroxyl groups is 1. The summed E-state index contributed by atoms with van der Waals surface area (Å²) >= 11 is 0. The van der Waals surface area contributed by atoms with E-state index in [4.69, 9.17) is 4.74 Å². The largest absolute Gasteiger partial charge is 0.491 e. The van der Waals surface area contributed by atoms with Crippen LogP contribution in [0, 0.1) is 13.8 Å². The van der Waals surface area contributed by atoms with E-state index in [0.717, 1.165) is 38.2 Å². The summed E-state index contributed by atoms with van der Waals surface area (Å²) in [6, 6.07) is 16.8. The number of hydrogen-bond donors (Lipinski definition) is 2. The van der Waals surface area contributed by atoms with E-state index in [2.05, 4.69) is 42.3 Å². The predicted octanol–water partition coefficient (Wildman–Crippen LogP) is 3.30. The van der Waals surface area contributed by atoms with Gasteiger partial charge in [0.2, 0.25) is 0 Å². The van der Waals surface area contributed by atoms with Crippen LogP contribution in [0.3, 0.4) is 0 Å². The molecule has 4 heteroatoms. The van der Waals surface area contributed by atoms with E-state index in [0.29, 0.717) is 19.2 Å². The van der Waals surface area contributed by atoms with E-state index in [1.807, 2.05) is 30.3 Å². The normalized spacial score (nSPS) is 17.0. The molecule has 146 valence electrons. The molecule has 0 unspecified atom stereocenters. The molecule has 0 aromatic heterocycles. The molecule has 0 saturated carbocycles. The molecule has 0 bridgehead atoms. The molecule has 1 aliphatic rings. The van der Waals surface area contributed by atoms with Crippen LogP contribution in [-0.2, 0) is 6.54 Å². The SMILES string of the molecule is Cc1ccc(C)c(CN2CCC(NC[C@H](O)COc3ccccc3)CC2)c1. The monoisotopic (exact) mass is 368 g/mol. The average Bonchev–Trinajstić information content (AvgIpc) is 2.69. The van der Waals surface area contributed by atoms with Crippen LogP contribution in [0.4, 0.5) is 0 Å². The number of ether oxygens (including phenoxy) is 1. The Morgan fingerprint density at radius 2 is 1.85 bits per heavy atom.